The Morgan fingerprint density at radius 1 is 1.40 bits per heavy atom. The molecule has 20 heavy (non-hydrogen) atoms. The van der Waals surface area contributed by atoms with Gasteiger partial charge in [-0.2, -0.15) is 0 Å². The van der Waals surface area contributed by atoms with Gasteiger partial charge in [0.2, 0.25) is 0 Å². The number of rotatable bonds is 3. The minimum atomic E-state index is -0.771. The topological polar surface area (TPSA) is 69.6 Å². The Balaban J connectivity index is 1.94. The van der Waals surface area contributed by atoms with Gasteiger partial charge in [-0.25, -0.2) is 4.79 Å². The maximum absolute atomic E-state index is 12.3. The first-order chi connectivity index (χ1) is 9.47. The van der Waals surface area contributed by atoms with Crippen molar-refractivity contribution in [2.75, 3.05) is 13.1 Å². The Morgan fingerprint density at radius 3 is 2.70 bits per heavy atom. The number of hydrogen-bond acceptors (Lipinski definition) is 2. The number of urea groups is 1. The molecule has 2 amide bonds. The van der Waals surface area contributed by atoms with Gasteiger partial charge >= 0.3 is 12.0 Å². The third-order valence-corrected chi connectivity index (χ3v) is 5.02. The summed E-state index contributed by atoms with van der Waals surface area (Å²) < 4.78 is 0. The fourth-order valence-corrected chi connectivity index (χ4v) is 3.52. The van der Waals surface area contributed by atoms with Crippen LogP contribution in [0.2, 0.25) is 0 Å². The molecule has 1 saturated heterocycles. The zero-order valence-electron chi connectivity index (χ0n) is 12.5. The van der Waals surface area contributed by atoms with Gasteiger partial charge in [-0.15, -0.1) is 0 Å². The minimum absolute atomic E-state index is 0.0807. The van der Waals surface area contributed by atoms with Gasteiger partial charge in [-0.1, -0.05) is 13.8 Å². The summed E-state index contributed by atoms with van der Waals surface area (Å²) in [6.45, 7) is 5.11. The molecule has 1 aliphatic heterocycles. The van der Waals surface area contributed by atoms with Crippen molar-refractivity contribution in [2.24, 2.45) is 11.3 Å². The van der Waals surface area contributed by atoms with Crippen LogP contribution in [0.15, 0.2) is 0 Å². The number of nitrogens with one attached hydrogen (secondary N) is 1. The average molecular weight is 282 g/mol. The SMILES string of the molecule is CCC1(C(=O)O)CCCN(C(=O)NC2CCC(C)C2)C1. The maximum atomic E-state index is 12.3. The standard InChI is InChI=1S/C15H26N2O3/c1-3-15(13(18)19)7-4-8-17(10-15)14(20)16-12-6-5-11(2)9-12/h11-12H,3-10H2,1-2H3,(H,16,20)(H,18,19). The molecule has 2 N–H and O–H groups in total. The molecule has 0 bridgehead atoms. The van der Waals surface area contributed by atoms with Crippen LogP contribution < -0.4 is 5.32 Å². The normalized spacial score (nSPS) is 34.0. The van der Waals surface area contributed by atoms with E-state index in [1.54, 1.807) is 4.90 Å². The second kappa shape index (κ2) is 6.02. The van der Waals surface area contributed by atoms with E-state index in [0.717, 1.165) is 19.3 Å². The first-order valence-electron chi connectivity index (χ1n) is 7.75. The Bertz CT molecular complexity index is 385. The van der Waals surface area contributed by atoms with Crippen LogP contribution in [-0.4, -0.2) is 41.1 Å². The molecule has 1 heterocycles. The van der Waals surface area contributed by atoms with E-state index in [1.807, 2.05) is 6.92 Å². The van der Waals surface area contributed by atoms with Crippen molar-refractivity contribution in [1.82, 2.24) is 10.2 Å². The minimum Gasteiger partial charge on any atom is -0.481 e. The van der Waals surface area contributed by atoms with E-state index in [-0.39, 0.29) is 12.1 Å². The molecule has 2 fully saturated rings. The van der Waals surface area contributed by atoms with E-state index in [4.69, 9.17) is 0 Å². The molecule has 0 aromatic heterocycles. The predicted octanol–water partition coefficient (Wildman–Crippen LogP) is 2.46. The summed E-state index contributed by atoms with van der Waals surface area (Å²) in [4.78, 5) is 25.5. The summed E-state index contributed by atoms with van der Waals surface area (Å²) in [5.41, 5.74) is -0.751. The molecule has 2 aliphatic rings. The smallest absolute Gasteiger partial charge is 0.317 e. The van der Waals surface area contributed by atoms with Crippen LogP contribution in [0.25, 0.3) is 0 Å². The van der Waals surface area contributed by atoms with Crippen LogP contribution >= 0.6 is 0 Å². The number of carbonyl (C=O) groups is 2. The maximum Gasteiger partial charge on any atom is 0.317 e. The van der Waals surface area contributed by atoms with E-state index < -0.39 is 11.4 Å². The Hall–Kier alpha value is -1.26. The molecule has 1 saturated carbocycles. The number of aliphatic carboxylic acids is 1. The van der Waals surface area contributed by atoms with Crippen LogP contribution in [0.5, 0.6) is 0 Å². The van der Waals surface area contributed by atoms with Crippen molar-refractivity contribution >= 4 is 12.0 Å². The number of piperidine rings is 1. The van der Waals surface area contributed by atoms with Crippen LogP contribution in [-0.2, 0) is 4.79 Å². The molecular weight excluding hydrogens is 256 g/mol. The quantitative estimate of drug-likeness (QED) is 0.835. The van der Waals surface area contributed by atoms with Gasteiger partial charge < -0.3 is 15.3 Å². The largest absolute Gasteiger partial charge is 0.481 e. The lowest BCUT2D eigenvalue weighted by atomic mass is 9.78. The highest BCUT2D eigenvalue weighted by Crippen LogP contribution is 2.34. The van der Waals surface area contributed by atoms with Crippen LogP contribution in [0, 0.1) is 11.3 Å². The number of carboxylic acid groups (broad SMARTS) is 1. The summed E-state index contributed by atoms with van der Waals surface area (Å²) in [6.07, 6.45) is 5.26. The number of carboxylic acids is 1. The van der Waals surface area contributed by atoms with Crippen LogP contribution in [0.4, 0.5) is 4.79 Å². The highest BCUT2D eigenvalue weighted by Gasteiger charge is 2.42. The summed E-state index contributed by atoms with van der Waals surface area (Å²) in [5, 5.41) is 12.5. The summed E-state index contributed by atoms with van der Waals surface area (Å²) in [7, 11) is 0. The van der Waals surface area contributed by atoms with Gasteiger partial charge in [0.05, 0.1) is 5.41 Å². The van der Waals surface area contributed by atoms with E-state index in [1.165, 1.54) is 6.42 Å². The van der Waals surface area contributed by atoms with Gasteiger partial charge in [0.25, 0.3) is 0 Å². The monoisotopic (exact) mass is 282 g/mol. The van der Waals surface area contributed by atoms with Gasteiger partial charge in [0.15, 0.2) is 0 Å². The van der Waals surface area contributed by atoms with E-state index in [9.17, 15) is 14.7 Å². The van der Waals surface area contributed by atoms with Crippen molar-refractivity contribution in [1.29, 1.82) is 0 Å². The number of hydrogen-bond donors (Lipinski definition) is 2. The molecule has 0 aromatic carbocycles. The number of carbonyl (C=O) groups excluding carboxylic acids is 1. The van der Waals surface area contributed by atoms with E-state index in [2.05, 4.69) is 12.2 Å². The molecule has 0 spiro atoms. The van der Waals surface area contributed by atoms with E-state index in [0.29, 0.717) is 31.8 Å². The zero-order chi connectivity index (χ0) is 14.8. The fraction of sp³-hybridized carbons (Fsp3) is 0.867. The molecule has 3 atom stereocenters. The third kappa shape index (κ3) is 3.07. The zero-order valence-corrected chi connectivity index (χ0v) is 12.5. The van der Waals surface area contributed by atoms with Crippen molar-refractivity contribution in [3.63, 3.8) is 0 Å². The Labute approximate surface area is 120 Å². The van der Waals surface area contributed by atoms with E-state index >= 15 is 0 Å². The lowest BCUT2D eigenvalue weighted by Crippen LogP contribution is -2.53. The highest BCUT2D eigenvalue weighted by atomic mass is 16.4. The van der Waals surface area contributed by atoms with Gasteiger partial charge in [0, 0.05) is 19.1 Å². The first-order valence-corrected chi connectivity index (χ1v) is 7.75. The number of likely N-dealkylation sites (tertiary alicyclic amines) is 1. The molecule has 2 rings (SSSR count). The summed E-state index contributed by atoms with van der Waals surface area (Å²) in [6, 6.07) is 0.183. The lowest BCUT2D eigenvalue weighted by molar-refractivity contribution is -0.152. The molecule has 114 valence electrons. The lowest BCUT2D eigenvalue weighted by Gasteiger charge is -2.39. The summed E-state index contributed by atoms with van der Waals surface area (Å²) >= 11 is 0. The second-order valence-corrected chi connectivity index (χ2v) is 6.53. The molecule has 1 aliphatic carbocycles. The second-order valence-electron chi connectivity index (χ2n) is 6.53. The molecule has 5 heteroatoms. The number of amides is 2. The van der Waals surface area contributed by atoms with Gasteiger partial charge in [0.1, 0.15) is 0 Å². The van der Waals surface area contributed by atoms with Crippen molar-refractivity contribution in [3.8, 4) is 0 Å². The van der Waals surface area contributed by atoms with Crippen LogP contribution in [0.3, 0.4) is 0 Å². The first kappa shape index (κ1) is 15.1. The Kier molecular flexibility index (Phi) is 4.55. The average Bonchev–Trinajstić information content (AvgIpc) is 2.83. The van der Waals surface area contributed by atoms with Crippen LogP contribution in [0.1, 0.15) is 52.4 Å². The van der Waals surface area contributed by atoms with Crippen molar-refractivity contribution in [3.05, 3.63) is 0 Å². The molecule has 5 nitrogen and oxygen atoms in total. The predicted molar refractivity (Wildman–Crippen MR) is 76.5 cm³/mol. The van der Waals surface area contributed by atoms with Gasteiger partial charge in [-0.05, 0) is 44.4 Å². The molecule has 3 unspecified atom stereocenters. The highest BCUT2D eigenvalue weighted by molar-refractivity contribution is 5.79. The van der Waals surface area contributed by atoms with Crippen molar-refractivity contribution < 1.29 is 14.7 Å². The fourth-order valence-electron chi connectivity index (χ4n) is 3.52. The molecule has 0 radical (unpaired) electrons. The van der Waals surface area contributed by atoms with Gasteiger partial charge in [-0.3, -0.25) is 4.79 Å². The molecular formula is C15H26N2O3. The third-order valence-electron chi connectivity index (χ3n) is 5.02. The Morgan fingerprint density at radius 2 is 2.15 bits per heavy atom. The summed E-state index contributed by atoms with van der Waals surface area (Å²) in [5.74, 6) is -0.0950. The number of nitrogens with zero attached hydrogens (tertiary/aromatic N) is 1. The molecule has 0 aromatic rings. The van der Waals surface area contributed by atoms with Crippen molar-refractivity contribution in [2.45, 2.75) is 58.4 Å².